The molecule has 0 heterocycles. The number of carbonyl (C=O) groups excluding carboxylic acids is 2. The van der Waals surface area contributed by atoms with Crippen molar-refractivity contribution >= 4 is 35.2 Å². The molecule has 2 N–H and O–H groups in total. The number of halogens is 1. The van der Waals surface area contributed by atoms with Crippen LogP contribution in [0.15, 0.2) is 77.7 Å². The van der Waals surface area contributed by atoms with Crippen molar-refractivity contribution in [1.82, 2.24) is 10.9 Å². The molecule has 0 aliphatic heterocycles. The molecule has 3 aromatic rings. The number of nitrogens with one attached hydrogen (secondary N) is 2. The van der Waals surface area contributed by atoms with Crippen LogP contribution in [0.2, 0.25) is 5.02 Å². The molecule has 0 unspecified atom stereocenters. The van der Waals surface area contributed by atoms with Crippen molar-refractivity contribution in [2.75, 3.05) is 7.11 Å². The zero-order valence-electron chi connectivity index (χ0n) is 16.4. The van der Waals surface area contributed by atoms with Crippen molar-refractivity contribution in [3.05, 3.63) is 94.5 Å². The Kier molecular flexibility index (Phi) is 7.76. The summed E-state index contributed by atoms with van der Waals surface area (Å²) in [5, 5.41) is 0.713. The second-order valence-electron chi connectivity index (χ2n) is 6.47. The Hall–Kier alpha value is -2.96. The van der Waals surface area contributed by atoms with Gasteiger partial charge in [0.05, 0.1) is 13.5 Å². The highest BCUT2D eigenvalue weighted by Crippen LogP contribution is 2.24. The van der Waals surface area contributed by atoms with Gasteiger partial charge in [-0.1, -0.05) is 35.9 Å². The second kappa shape index (κ2) is 10.7. The van der Waals surface area contributed by atoms with E-state index in [1.807, 2.05) is 48.5 Å². The third-order valence-corrected chi connectivity index (χ3v) is 5.58. The Morgan fingerprint density at radius 1 is 0.933 bits per heavy atom. The first-order valence-corrected chi connectivity index (χ1v) is 10.6. The number of hydrazine groups is 1. The Morgan fingerprint density at radius 3 is 2.37 bits per heavy atom. The molecule has 0 bridgehead atoms. The molecule has 3 rings (SSSR count). The van der Waals surface area contributed by atoms with E-state index in [9.17, 15) is 9.59 Å². The average Bonchev–Trinajstić information content (AvgIpc) is 2.77. The van der Waals surface area contributed by atoms with Crippen molar-refractivity contribution in [3.63, 3.8) is 0 Å². The molecule has 2 amide bonds. The number of methoxy groups -OCH3 is 1. The minimum absolute atomic E-state index is 0.137. The predicted molar refractivity (Wildman–Crippen MR) is 120 cm³/mol. The molecule has 30 heavy (non-hydrogen) atoms. The van der Waals surface area contributed by atoms with Crippen molar-refractivity contribution in [3.8, 4) is 5.75 Å². The van der Waals surface area contributed by atoms with Crippen LogP contribution in [0.4, 0.5) is 0 Å². The van der Waals surface area contributed by atoms with Crippen molar-refractivity contribution in [2.45, 2.75) is 17.1 Å². The molecule has 154 valence electrons. The summed E-state index contributed by atoms with van der Waals surface area (Å²) in [6.45, 7) is 0. The molecule has 0 spiro atoms. The maximum atomic E-state index is 12.3. The number of hydrogen-bond donors (Lipinski definition) is 2. The summed E-state index contributed by atoms with van der Waals surface area (Å²) in [6, 6.07) is 22.2. The number of hydrogen-bond acceptors (Lipinski definition) is 4. The van der Waals surface area contributed by atoms with Gasteiger partial charge in [0.25, 0.3) is 5.91 Å². The molecule has 0 aliphatic rings. The van der Waals surface area contributed by atoms with Gasteiger partial charge >= 0.3 is 0 Å². The minimum atomic E-state index is -0.370. The molecule has 5 nitrogen and oxygen atoms in total. The van der Waals surface area contributed by atoms with E-state index in [4.69, 9.17) is 16.3 Å². The van der Waals surface area contributed by atoms with E-state index in [2.05, 4.69) is 10.9 Å². The molecule has 3 aromatic carbocycles. The first-order chi connectivity index (χ1) is 14.5. The van der Waals surface area contributed by atoms with Crippen LogP contribution < -0.4 is 15.6 Å². The standard InChI is InChI=1S/C23H21ClN2O3S/c1-29-20-4-2-3-17(13-20)14-22(27)25-26-23(28)18-7-5-16(6-8-18)15-30-21-11-9-19(24)10-12-21/h2-13H,14-15H2,1H3,(H,25,27)(H,26,28). The number of amides is 2. The molecule has 0 saturated heterocycles. The van der Waals surface area contributed by atoms with Crippen LogP contribution >= 0.6 is 23.4 Å². The van der Waals surface area contributed by atoms with Gasteiger partial charge in [-0.25, -0.2) is 0 Å². The molecule has 0 aromatic heterocycles. The topological polar surface area (TPSA) is 67.4 Å². The number of rotatable bonds is 7. The van der Waals surface area contributed by atoms with Gasteiger partial charge in [-0.15, -0.1) is 11.8 Å². The van der Waals surface area contributed by atoms with Gasteiger partial charge in [0.1, 0.15) is 5.75 Å². The van der Waals surface area contributed by atoms with Gasteiger partial charge in [0, 0.05) is 21.2 Å². The Balaban J connectivity index is 1.46. The van der Waals surface area contributed by atoms with Gasteiger partial charge in [0.2, 0.25) is 5.91 Å². The Morgan fingerprint density at radius 2 is 1.67 bits per heavy atom. The summed E-state index contributed by atoms with van der Waals surface area (Å²) in [4.78, 5) is 25.5. The lowest BCUT2D eigenvalue weighted by Crippen LogP contribution is -2.42. The van der Waals surface area contributed by atoms with E-state index in [1.54, 1.807) is 43.1 Å². The predicted octanol–water partition coefficient (Wildman–Crippen LogP) is 4.64. The monoisotopic (exact) mass is 440 g/mol. The maximum Gasteiger partial charge on any atom is 0.269 e. The summed E-state index contributed by atoms with van der Waals surface area (Å²) in [5.74, 6) is 0.776. The van der Waals surface area contributed by atoms with E-state index in [0.717, 1.165) is 21.8 Å². The average molecular weight is 441 g/mol. The molecule has 0 atom stereocenters. The van der Waals surface area contributed by atoms with E-state index in [0.29, 0.717) is 16.3 Å². The fourth-order valence-electron chi connectivity index (χ4n) is 2.66. The van der Waals surface area contributed by atoms with Crippen molar-refractivity contribution in [2.24, 2.45) is 0 Å². The lowest BCUT2D eigenvalue weighted by atomic mass is 10.1. The van der Waals surface area contributed by atoms with E-state index in [1.165, 1.54) is 0 Å². The second-order valence-corrected chi connectivity index (χ2v) is 7.96. The molecular weight excluding hydrogens is 420 g/mol. The maximum absolute atomic E-state index is 12.3. The number of carbonyl (C=O) groups is 2. The first-order valence-electron chi connectivity index (χ1n) is 9.23. The third kappa shape index (κ3) is 6.54. The van der Waals surface area contributed by atoms with Crippen molar-refractivity contribution < 1.29 is 14.3 Å². The minimum Gasteiger partial charge on any atom is -0.497 e. The zero-order chi connectivity index (χ0) is 21.3. The van der Waals surface area contributed by atoms with Crippen LogP contribution in [0.3, 0.4) is 0 Å². The quantitative estimate of drug-likeness (QED) is 0.414. The largest absolute Gasteiger partial charge is 0.497 e. The number of thioether (sulfide) groups is 1. The fraction of sp³-hybridized carbons (Fsp3) is 0.130. The zero-order valence-corrected chi connectivity index (χ0v) is 17.9. The number of ether oxygens (including phenoxy) is 1. The van der Waals surface area contributed by atoms with Gasteiger partial charge in [0.15, 0.2) is 0 Å². The van der Waals surface area contributed by atoms with E-state index >= 15 is 0 Å². The summed E-state index contributed by atoms with van der Waals surface area (Å²) >= 11 is 7.58. The highest BCUT2D eigenvalue weighted by Gasteiger charge is 2.09. The van der Waals surface area contributed by atoms with Gasteiger partial charge in [-0.2, -0.15) is 0 Å². The SMILES string of the molecule is COc1cccc(CC(=O)NNC(=O)c2ccc(CSc3ccc(Cl)cc3)cc2)c1. The van der Waals surface area contributed by atoms with Gasteiger partial charge in [-0.3, -0.25) is 20.4 Å². The summed E-state index contributed by atoms with van der Waals surface area (Å²) in [6.07, 6.45) is 0.137. The lowest BCUT2D eigenvalue weighted by molar-refractivity contribution is -0.121. The Bertz CT molecular complexity index is 1010. The highest BCUT2D eigenvalue weighted by atomic mass is 35.5. The smallest absolute Gasteiger partial charge is 0.269 e. The van der Waals surface area contributed by atoms with Crippen LogP contribution in [-0.4, -0.2) is 18.9 Å². The van der Waals surface area contributed by atoms with E-state index < -0.39 is 0 Å². The summed E-state index contributed by atoms with van der Waals surface area (Å²) < 4.78 is 5.14. The molecule has 0 aliphatic carbocycles. The van der Waals surface area contributed by atoms with Crippen LogP contribution in [-0.2, 0) is 17.0 Å². The van der Waals surface area contributed by atoms with Crippen molar-refractivity contribution in [1.29, 1.82) is 0 Å². The van der Waals surface area contributed by atoms with Crippen LogP contribution in [0.25, 0.3) is 0 Å². The summed E-state index contributed by atoms with van der Waals surface area (Å²) in [5.41, 5.74) is 7.24. The fourth-order valence-corrected chi connectivity index (χ4v) is 3.64. The van der Waals surface area contributed by atoms with Gasteiger partial charge in [-0.05, 0) is 59.7 Å². The van der Waals surface area contributed by atoms with E-state index in [-0.39, 0.29) is 18.2 Å². The normalized spacial score (nSPS) is 10.3. The summed E-state index contributed by atoms with van der Waals surface area (Å²) in [7, 11) is 1.57. The molecule has 0 saturated carbocycles. The van der Waals surface area contributed by atoms with Gasteiger partial charge < -0.3 is 4.74 Å². The lowest BCUT2D eigenvalue weighted by Gasteiger charge is -2.09. The first kappa shape index (κ1) is 21.7. The highest BCUT2D eigenvalue weighted by molar-refractivity contribution is 7.98. The molecular formula is C23H21ClN2O3S. The van der Waals surface area contributed by atoms with Crippen LogP contribution in [0.5, 0.6) is 5.75 Å². The van der Waals surface area contributed by atoms with Crippen LogP contribution in [0.1, 0.15) is 21.5 Å². The third-order valence-electron chi connectivity index (χ3n) is 4.25. The number of benzene rings is 3. The molecule has 0 fully saturated rings. The Labute approximate surface area is 184 Å². The van der Waals surface area contributed by atoms with Crippen LogP contribution in [0, 0.1) is 0 Å². The molecule has 7 heteroatoms. The molecule has 0 radical (unpaired) electrons.